The minimum atomic E-state index is 0.652. The highest BCUT2D eigenvalue weighted by atomic mass is 32.1. The molecule has 0 aliphatic carbocycles. The van der Waals surface area contributed by atoms with Crippen LogP contribution in [-0.2, 0) is 12.2 Å². The monoisotopic (exact) mass is 229 g/mol. The van der Waals surface area contributed by atoms with Crippen molar-refractivity contribution in [2.75, 3.05) is 0 Å². The number of thiazole rings is 1. The molecule has 0 aromatic carbocycles. The van der Waals surface area contributed by atoms with Gasteiger partial charge in [0.05, 0.1) is 10.7 Å². The van der Waals surface area contributed by atoms with Crippen LogP contribution in [0.2, 0.25) is 0 Å². The molecule has 0 N–H and O–H groups in total. The lowest BCUT2D eigenvalue weighted by molar-refractivity contribution is 0.635. The summed E-state index contributed by atoms with van der Waals surface area (Å²) < 4.78 is 0. The van der Waals surface area contributed by atoms with Gasteiger partial charge in [0.2, 0.25) is 0 Å². The van der Waals surface area contributed by atoms with E-state index in [0.29, 0.717) is 5.92 Å². The summed E-state index contributed by atoms with van der Waals surface area (Å²) in [4.78, 5) is 6.07. The van der Waals surface area contributed by atoms with Crippen LogP contribution in [0.25, 0.3) is 0 Å². The number of aryl methyl sites for hydroxylation is 1. The molecule has 0 aliphatic rings. The van der Waals surface area contributed by atoms with Crippen LogP contribution in [0.1, 0.15) is 55.1 Å². The van der Waals surface area contributed by atoms with Crippen molar-refractivity contribution >= 4 is 24.0 Å². The summed E-state index contributed by atoms with van der Waals surface area (Å²) in [6, 6.07) is 0. The van der Waals surface area contributed by atoms with E-state index >= 15 is 0 Å². The Morgan fingerprint density at radius 2 is 1.93 bits per heavy atom. The first kappa shape index (κ1) is 12.1. The second kappa shape index (κ2) is 5.76. The predicted molar refractivity (Wildman–Crippen MR) is 67.5 cm³/mol. The Morgan fingerprint density at radius 3 is 2.29 bits per heavy atom. The normalized spacial score (nSPS) is 11.2. The van der Waals surface area contributed by atoms with Crippen molar-refractivity contribution in [3.63, 3.8) is 0 Å². The molecule has 1 nitrogen and oxygen atoms in total. The van der Waals surface area contributed by atoms with Gasteiger partial charge in [0.1, 0.15) is 0 Å². The van der Waals surface area contributed by atoms with Crippen molar-refractivity contribution in [3.05, 3.63) is 15.6 Å². The highest BCUT2D eigenvalue weighted by Gasteiger charge is 2.14. The van der Waals surface area contributed by atoms with Gasteiger partial charge in [-0.25, -0.2) is 4.98 Å². The van der Waals surface area contributed by atoms with E-state index in [0.717, 1.165) is 12.2 Å². The van der Waals surface area contributed by atoms with E-state index in [4.69, 9.17) is 4.98 Å². The van der Waals surface area contributed by atoms with E-state index in [2.05, 4.69) is 33.4 Å². The quantitative estimate of drug-likeness (QED) is 0.752. The van der Waals surface area contributed by atoms with Crippen LogP contribution in [0.3, 0.4) is 0 Å². The van der Waals surface area contributed by atoms with Crippen LogP contribution >= 0.6 is 24.0 Å². The van der Waals surface area contributed by atoms with Crippen LogP contribution in [0.5, 0.6) is 0 Å². The zero-order valence-corrected chi connectivity index (χ0v) is 10.9. The van der Waals surface area contributed by atoms with Gasteiger partial charge in [-0.05, 0) is 19.3 Å². The van der Waals surface area contributed by atoms with Gasteiger partial charge in [0.15, 0.2) is 0 Å². The Hall–Kier alpha value is -0.0200. The largest absolute Gasteiger partial charge is 0.246 e. The first-order chi connectivity index (χ1) is 6.76. The fourth-order valence-electron chi connectivity index (χ4n) is 1.62. The van der Waals surface area contributed by atoms with Gasteiger partial charge in [-0.1, -0.05) is 20.8 Å². The third-order valence-electron chi connectivity index (χ3n) is 2.61. The lowest BCUT2D eigenvalue weighted by Gasteiger charge is -2.06. The van der Waals surface area contributed by atoms with Gasteiger partial charge < -0.3 is 0 Å². The molecule has 14 heavy (non-hydrogen) atoms. The molecule has 1 heterocycles. The Morgan fingerprint density at radius 1 is 1.29 bits per heavy atom. The molecule has 1 aromatic rings. The van der Waals surface area contributed by atoms with Crippen LogP contribution in [0.15, 0.2) is 0 Å². The summed E-state index contributed by atoms with van der Waals surface area (Å²) in [5.41, 5.74) is 1.26. The third-order valence-corrected chi connectivity index (χ3v) is 4.40. The summed E-state index contributed by atoms with van der Waals surface area (Å²) in [6.45, 7) is 6.64. The number of thiol groups is 1. The smallest absolute Gasteiger partial charge is 0.0962 e. The standard InChI is InChI=1S/C11H19NS2/c1-4-8(5-2)11-12-9(6-3)10(7-13)14-11/h8,13H,4-7H2,1-3H3. The highest BCUT2D eigenvalue weighted by Crippen LogP contribution is 2.30. The van der Waals surface area contributed by atoms with E-state index in [1.165, 1.54) is 28.4 Å². The summed E-state index contributed by atoms with van der Waals surface area (Å²) in [7, 11) is 0. The first-order valence-electron chi connectivity index (χ1n) is 5.36. The van der Waals surface area contributed by atoms with E-state index in [1.54, 1.807) is 0 Å². The number of aromatic nitrogens is 1. The third kappa shape index (κ3) is 2.51. The average molecular weight is 229 g/mol. The topological polar surface area (TPSA) is 12.9 Å². The minimum absolute atomic E-state index is 0.652. The molecule has 0 fully saturated rings. The second-order valence-corrected chi connectivity index (χ2v) is 4.88. The summed E-state index contributed by atoms with van der Waals surface area (Å²) in [5.74, 6) is 1.49. The molecule has 0 radical (unpaired) electrons. The van der Waals surface area contributed by atoms with E-state index in [9.17, 15) is 0 Å². The Labute approximate surface area is 96.4 Å². The van der Waals surface area contributed by atoms with Gasteiger partial charge in [0.25, 0.3) is 0 Å². The summed E-state index contributed by atoms with van der Waals surface area (Å²) >= 11 is 6.20. The zero-order chi connectivity index (χ0) is 10.6. The van der Waals surface area contributed by atoms with Crippen molar-refractivity contribution < 1.29 is 0 Å². The van der Waals surface area contributed by atoms with Crippen molar-refractivity contribution in [2.45, 2.75) is 51.7 Å². The number of hydrogen-bond acceptors (Lipinski definition) is 3. The van der Waals surface area contributed by atoms with Crippen LogP contribution in [0, 0.1) is 0 Å². The van der Waals surface area contributed by atoms with Crippen molar-refractivity contribution in [1.29, 1.82) is 0 Å². The predicted octanol–water partition coefficient (Wildman–Crippen LogP) is 4.04. The molecule has 0 aliphatic heterocycles. The van der Waals surface area contributed by atoms with Gasteiger partial charge in [-0.15, -0.1) is 11.3 Å². The Balaban J connectivity index is 2.93. The first-order valence-corrected chi connectivity index (χ1v) is 6.80. The Kier molecular flexibility index (Phi) is 4.96. The molecule has 0 amide bonds. The number of hydrogen-bond donors (Lipinski definition) is 1. The number of nitrogens with zero attached hydrogens (tertiary/aromatic N) is 1. The maximum atomic E-state index is 4.71. The van der Waals surface area contributed by atoms with Gasteiger partial charge in [-0.3, -0.25) is 0 Å². The molecule has 0 atom stereocenters. The van der Waals surface area contributed by atoms with E-state index in [-0.39, 0.29) is 0 Å². The molecule has 0 saturated heterocycles. The van der Waals surface area contributed by atoms with Crippen molar-refractivity contribution in [3.8, 4) is 0 Å². The maximum Gasteiger partial charge on any atom is 0.0962 e. The van der Waals surface area contributed by atoms with Gasteiger partial charge in [-0.2, -0.15) is 12.6 Å². The number of rotatable bonds is 5. The average Bonchev–Trinajstić information content (AvgIpc) is 2.63. The SMILES string of the molecule is CCc1nc(C(CC)CC)sc1CS. The molecule has 0 spiro atoms. The summed E-state index contributed by atoms with van der Waals surface area (Å²) in [6.07, 6.45) is 3.42. The Bertz CT molecular complexity index is 255. The molecule has 0 saturated carbocycles. The highest BCUT2D eigenvalue weighted by molar-refractivity contribution is 7.79. The van der Waals surface area contributed by atoms with Crippen molar-refractivity contribution in [2.24, 2.45) is 0 Å². The zero-order valence-electron chi connectivity index (χ0n) is 9.21. The van der Waals surface area contributed by atoms with Gasteiger partial charge in [0, 0.05) is 16.5 Å². The molecule has 3 heteroatoms. The minimum Gasteiger partial charge on any atom is -0.246 e. The van der Waals surface area contributed by atoms with Crippen LogP contribution in [-0.4, -0.2) is 4.98 Å². The molecule has 0 unspecified atom stereocenters. The van der Waals surface area contributed by atoms with Crippen molar-refractivity contribution in [1.82, 2.24) is 4.98 Å². The van der Waals surface area contributed by atoms with Crippen LogP contribution in [0.4, 0.5) is 0 Å². The second-order valence-electron chi connectivity index (χ2n) is 3.45. The lowest BCUT2D eigenvalue weighted by atomic mass is 10.1. The van der Waals surface area contributed by atoms with Crippen LogP contribution < -0.4 is 0 Å². The summed E-state index contributed by atoms with van der Waals surface area (Å²) in [5, 5.41) is 1.32. The van der Waals surface area contributed by atoms with E-state index < -0.39 is 0 Å². The lowest BCUT2D eigenvalue weighted by Crippen LogP contribution is -1.94. The fourth-order valence-corrected chi connectivity index (χ4v) is 3.27. The fraction of sp³-hybridized carbons (Fsp3) is 0.727. The maximum absolute atomic E-state index is 4.71. The molecule has 80 valence electrons. The molecule has 1 rings (SSSR count). The molecule has 1 aromatic heterocycles. The molecular formula is C11H19NS2. The van der Waals surface area contributed by atoms with Gasteiger partial charge >= 0.3 is 0 Å². The van der Waals surface area contributed by atoms with E-state index in [1.807, 2.05) is 11.3 Å². The molecule has 0 bridgehead atoms. The molecular weight excluding hydrogens is 210 g/mol.